The van der Waals surface area contributed by atoms with Crippen LogP contribution in [0.1, 0.15) is 10.8 Å². The lowest BCUT2D eigenvalue weighted by atomic mass is 10.3. The highest BCUT2D eigenvalue weighted by molar-refractivity contribution is 7.16. The van der Waals surface area contributed by atoms with Gasteiger partial charge in [0.2, 0.25) is 4.96 Å². The SMILES string of the molecule is Clc1ccc(OCc2nn3c(COc4ccc(Cl)cc4)nnc3s2)cc1. The molecule has 6 nitrogen and oxygen atoms in total. The fourth-order valence-electron chi connectivity index (χ4n) is 2.20. The van der Waals surface area contributed by atoms with Crippen molar-refractivity contribution in [2.24, 2.45) is 0 Å². The van der Waals surface area contributed by atoms with Crippen LogP contribution in [-0.2, 0) is 13.2 Å². The molecule has 0 aliphatic heterocycles. The standard InChI is InChI=1S/C17H12Cl2N4O2S/c18-11-1-5-13(6-2-11)24-9-15-20-21-17-23(15)22-16(26-17)10-25-14-7-3-12(19)4-8-14/h1-8H,9-10H2. The van der Waals surface area contributed by atoms with Gasteiger partial charge in [0.15, 0.2) is 10.8 Å². The van der Waals surface area contributed by atoms with Gasteiger partial charge in [0.1, 0.15) is 24.7 Å². The maximum absolute atomic E-state index is 5.86. The molecule has 9 heteroatoms. The first kappa shape index (κ1) is 17.1. The van der Waals surface area contributed by atoms with E-state index < -0.39 is 0 Å². The van der Waals surface area contributed by atoms with Crippen LogP contribution in [0, 0.1) is 0 Å². The molecular weight excluding hydrogens is 395 g/mol. The largest absolute Gasteiger partial charge is 0.486 e. The van der Waals surface area contributed by atoms with Crippen molar-refractivity contribution in [3.05, 3.63) is 69.4 Å². The molecule has 0 amide bonds. The molecule has 0 bridgehead atoms. The number of ether oxygens (including phenoxy) is 2. The third kappa shape index (κ3) is 3.90. The number of aromatic nitrogens is 4. The van der Waals surface area contributed by atoms with Gasteiger partial charge in [0, 0.05) is 10.0 Å². The molecule has 0 unspecified atom stereocenters. The van der Waals surface area contributed by atoms with Gasteiger partial charge in [-0.15, -0.1) is 10.2 Å². The van der Waals surface area contributed by atoms with Crippen molar-refractivity contribution >= 4 is 39.5 Å². The zero-order chi connectivity index (χ0) is 17.9. The van der Waals surface area contributed by atoms with Crippen molar-refractivity contribution < 1.29 is 9.47 Å². The van der Waals surface area contributed by atoms with E-state index in [1.165, 1.54) is 11.3 Å². The molecule has 2 aromatic carbocycles. The first-order chi connectivity index (χ1) is 12.7. The fourth-order valence-corrected chi connectivity index (χ4v) is 3.22. The Bertz CT molecular complexity index is 1020. The number of benzene rings is 2. The fraction of sp³-hybridized carbons (Fsp3) is 0.118. The predicted molar refractivity (Wildman–Crippen MR) is 100 cm³/mol. The van der Waals surface area contributed by atoms with Crippen LogP contribution in [0.5, 0.6) is 11.5 Å². The minimum absolute atomic E-state index is 0.254. The lowest BCUT2D eigenvalue weighted by Gasteiger charge is -2.04. The van der Waals surface area contributed by atoms with E-state index in [0.29, 0.717) is 33.2 Å². The molecule has 0 aliphatic rings. The van der Waals surface area contributed by atoms with Crippen molar-refractivity contribution in [1.82, 2.24) is 19.8 Å². The Balaban J connectivity index is 1.42. The highest BCUT2D eigenvalue weighted by atomic mass is 35.5. The van der Waals surface area contributed by atoms with Crippen LogP contribution < -0.4 is 9.47 Å². The van der Waals surface area contributed by atoms with E-state index in [9.17, 15) is 0 Å². The van der Waals surface area contributed by atoms with E-state index in [1.807, 2.05) is 12.1 Å². The number of halogens is 2. The normalized spacial score (nSPS) is 11.0. The quantitative estimate of drug-likeness (QED) is 0.466. The van der Waals surface area contributed by atoms with Crippen LogP contribution in [-0.4, -0.2) is 19.8 Å². The predicted octanol–water partition coefficient (Wildman–Crippen LogP) is 4.65. The van der Waals surface area contributed by atoms with Crippen molar-refractivity contribution in [3.8, 4) is 11.5 Å². The Morgan fingerprint density at radius 1 is 0.808 bits per heavy atom. The molecule has 0 fully saturated rings. The summed E-state index contributed by atoms with van der Waals surface area (Å²) in [6.45, 7) is 0.594. The minimum Gasteiger partial charge on any atom is -0.486 e. The monoisotopic (exact) mass is 406 g/mol. The van der Waals surface area contributed by atoms with Crippen molar-refractivity contribution in [2.45, 2.75) is 13.2 Å². The van der Waals surface area contributed by atoms with Gasteiger partial charge in [-0.2, -0.15) is 9.61 Å². The van der Waals surface area contributed by atoms with E-state index in [1.54, 1.807) is 40.9 Å². The molecule has 0 saturated carbocycles. The Morgan fingerprint density at radius 2 is 1.38 bits per heavy atom. The van der Waals surface area contributed by atoms with E-state index in [0.717, 1.165) is 10.8 Å². The molecular formula is C17H12Cl2N4O2S. The van der Waals surface area contributed by atoms with Crippen molar-refractivity contribution in [3.63, 3.8) is 0 Å². The second-order valence-electron chi connectivity index (χ2n) is 5.29. The Kier molecular flexibility index (Phi) is 4.92. The average molecular weight is 407 g/mol. The molecule has 2 aromatic heterocycles. The van der Waals surface area contributed by atoms with Gasteiger partial charge in [0.25, 0.3) is 0 Å². The molecule has 0 aliphatic carbocycles. The van der Waals surface area contributed by atoms with Gasteiger partial charge >= 0.3 is 0 Å². The number of hydrogen-bond donors (Lipinski definition) is 0. The molecule has 4 aromatic rings. The number of rotatable bonds is 6. The molecule has 0 spiro atoms. The second kappa shape index (κ2) is 7.49. The third-order valence-electron chi connectivity index (χ3n) is 3.45. The molecule has 132 valence electrons. The highest BCUT2D eigenvalue weighted by Crippen LogP contribution is 2.20. The molecule has 0 radical (unpaired) electrons. The van der Waals surface area contributed by atoms with Crippen molar-refractivity contribution in [1.29, 1.82) is 0 Å². The maximum Gasteiger partial charge on any atom is 0.234 e. The lowest BCUT2D eigenvalue weighted by molar-refractivity contribution is 0.290. The van der Waals surface area contributed by atoms with E-state index in [-0.39, 0.29) is 6.61 Å². The summed E-state index contributed by atoms with van der Waals surface area (Å²) < 4.78 is 13.1. The highest BCUT2D eigenvalue weighted by Gasteiger charge is 2.13. The topological polar surface area (TPSA) is 61.5 Å². The summed E-state index contributed by atoms with van der Waals surface area (Å²) in [5.74, 6) is 2.04. The average Bonchev–Trinajstić information content (AvgIpc) is 3.21. The van der Waals surface area contributed by atoms with E-state index in [2.05, 4.69) is 15.3 Å². The summed E-state index contributed by atoms with van der Waals surface area (Å²) in [6, 6.07) is 14.3. The van der Waals surface area contributed by atoms with Gasteiger partial charge < -0.3 is 9.47 Å². The van der Waals surface area contributed by atoms with Crippen LogP contribution in [0.15, 0.2) is 48.5 Å². The smallest absolute Gasteiger partial charge is 0.234 e. The van der Waals surface area contributed by atoms with Gasteiger partial charge in [-0.25, -0.2) is 0 Å². The first-order valence-corrected chi connectivity index (χ1v) is 9.21. The summed E-state index contributed by atoms with van der Waals surface area (Å²) in [4.78, 5) is 0.689. The van der Waals surface area contributed by atoms with Crippen LogP contribution in [0.25, 0.3) is 4.96 Å². The minimum atomic E-state index is 0.254. The molecule has 0 saturated heterocycles. The first-order valence-electron chi connectivity index (χ1n) is 7.64. The van der Waals surface area contributed by atoms with Crippen LogP contribution >= 0.6 is 34.5 Å². The van der Waals surface area contributed by atoms with Gasteiger partial charge in [0.05, 0.1) is 0 Å². The summed E-state index contributed by atoms with van der Waals surface area (Å²) in [5.41, 5.74) is 0. The molecule has 0 atom stereocenters. The Morgan fingerprint density at radius 3 is 2.00 bits per heavy atom. The molecule has 2 heterocycles. The summed E-state index contributed by atoms with van der Waals surface area (Å²) in [6.07, 6.45) is 0. The van der Waals surface area contributed by atoms with Gasteiger partial charge in [-0.1, -0.05) is 34.5 Å². The Labute approximate surface area is 162 Å². The van der Waals surface area contributed by atoms with Crippen LogP contribution in [0.4, 0.5) is 0 Å². The third-order valence-corrected chi connectivity index (χ3v) is 4.83. The van der Waals surface area contributed by atoms with Crippen LogP contribution in [0.2, 0.25) is 10.0 Å². The molecule has 0 N–H and O–H groups in total. The number of hydrogen-bond acceptors (Lipinski definition) is 6. The zero-order valence-corrected chi connectivity index (χ0v) is 15.6. The number of nitrogens with zero attached hydrogens (tertiary/aromatic N) is 4. The summed E-state index contributed by atoms with van der Waals surface area (Å²) >= 11 is 13.1. The molecule has 26 heavy (non-hydrogen) atoms. The number of fused-ring (bicyclic) bond motifs is 1. The summed E-state index contributed by atoms with van der Waals surface area (Å²) in [7, 11) is 0. The van der Waals surface area contributed by atoms with Gasteiger partial charge in [-0.3, -0.25) is 0 Å². The Hall–Kier alpha value is -2.35. The second-order valence-corrected chi connectivity index (χ2v) is 7.20. The van der Waals surface area contributed by atoms with Gasteiger partial charge in [-0.05, 0) is 48.5 Å². The summed E-state index contributed by atoms with van der Waals surface area (Å²) in [5, 5.41) is 14.8. The van der Waals surface area contributed by atoms with Crippen LogP contribution in [0.3, 0.4) is 0 Å². The molecule has 4 rings (SSSR count). The van der Waals surface area contributed by atoms with Crippen molar-refractivity contribution in [2.75, 3.05) is 0 Å². The van der Waals surface area contributed by atoms with E-state index >= 15 is 0 Å². The lowest BCUT2D eigenvalue weighted by Crippen LogP contribution is -2.03. The van der Waals surface area contributed by atoms with E-state index in [4.69, 9.17) is 32.7 Å². The maximum atomic E-state index is 5.86. The zero-order valence-electron chi connectivity index (χ0n) is 13.3.